The minimum atomic E-state index is -3.53. The van der Waals surface area contributed by atoms with Gasteiger partial charge < -0.3 is 9.80 Å². The van der Waals surface area contributed by atoms with Crippen molar-refractivity contribution in [2.45, 2.75) is 25.2 Å². The zero-order chi connectivity index (χ0) is 21.3. The summed E-state index contributed by atoms with van der Waals surface area (Å²) in [5.41, 5.74) is 0.525. The molecule has 162 valence electrons. The Balaban J connectivity index is 1.41. The maximum absolute atomic E-state index is 13.0. The number of rotatable bonds is 4. The van der Waals surface area contributed by atoms with Crippen molar-refractivity contribution in [1.82, 2.24) is 14.2 Å². The third kappa shape index (κ3) is 4.38. The molecule has 2 atom stereocenters. The Morgan fingerprint density at radius 1 is 1.03 bits per heavy atom. The van der Waals surface area contributed by atoms with Crippen molar-refractivity contribution in [2.75, 3.05) is 44.2 Å². The lowest BCUT2D eigenvalue weighted by atomic mass is 9.94. The van der Waals surface area contributed by atoms with Crippen LogP contribution in [0.15, 0.2) is 40.7 Å². The van der Waals surface area contributed by atoms with Gasteiger partial charge in [-0.2, -0.15) is 4.31 Å². The van der Waals surface area contributed by atoms with E-state index >= 15 is 0 Å². The number of sulfonamides is 1. The standard InChI is InChI=1S/C21H28N4O3S2/c1-16-13-17(2)15-25(14-16)30(27,28)19-5-3-18(4-6-19)20(26)23-8-10-24(11-9-23)21-22-7-12-29-21/h3-7,12,16-17H,8-11,13-15H2,1-2H3. The molecular formula is C21H28N4O3S2. The van der Waals surface area contributed by atoms with Crippen LogP contribution in [-0.4, -0.2) is 67.8 Å². The first kappa shape index (κ1) is 21.3. The molecule has 1 aromatic heterocycles. The number of anilines is 1. The molecule has 4 rings (SSSR count). The van der Waals surface area contributed by atoms with Gasteiger partial charge in [0, 0.05) is 56.4 Å². The first-order valence-electron chi connectivity index (χ1n) is 10.4. The molecule has 0 bridgehead atoms. The van der Waals surface area contributed by atoms with E-state index in [1.807, 2.05) is 10.3 Å². The lowest BCUT2D eigenvalue weighted by molar-refractivity contribution is 0.0746. The molecule has 7 nitrogen and oxygen atoms in total. The third-order valence-electron chi connectivity index (χ3n) is 5.83. The SMILES string of the molecule is CC1CC(C)CN(S(=O)(=O)c2ccc(C(=O)N3CCN(c4nccs4)CC3)cc2)C1. The smallest absolute Gasteiger partial charge is 0.253 e. The Kier molecular flexibility index (Phi) is 6.13. The number of hydrogen-bond donors (Lipinski definition) is 0. The van der Waals surface area contributed by atoms with Gasteiger partial charge in [0.25, 0.3) is 5.91 Å². The number of amides is 1. The summed E-state index contributed by atoms with van der Waals surface area (Å²) in [6, 6.07) is 6.41. The van der Waals surface area contributed by atoms with Crippen molar-refractivity contribution in [3.63, 3.8) is 0 Å². The Morgan fingerprint density at radius 3 is 2.23 bits per heavy atom. The number of thiazole rings is 1. The van der Waals surface area contributed by atoms with E-state index in [0.29, 0.717) is 43.6 Å². The fraction of sp³-hybridized carbons (Fsp3) is 0.524. The Labute approximate surface area is 182 Å². The highest BCUT2D eigenvalue weighted by Gasteiger charge is 2.32. The number of nitrogens with zero attached hydrogens (tertiary/aromatic N) is 4. The summed E-state index contributed by atoms with van der Waals surface area (Å²) in [4.78, 5) is 21.5. The molecule has 2 fully saturated rings. The van der Waals surface area contributed by atoms with Crippen LogP contribution in [0.4, 0.5) is 5.13 Å². The van der Waals surface area contributed by atoms with Crippen LogP contribution in [0.3, 0.4) is 0 Å². The summed E-state index contributed by atoms with van der Waals surface area (Å²) >= 11 is 1.60. The van der Waals surface area contributed by atoms with Crippen LogP contribution >= 0.6 is 11.3 Å². The average molecular weight is 449 g/mol. The van der Waals surface area contributed by atoms with Crippen LogP contribution in [-0.2, 0) is 10.0 Å². The van der Waals surface area contributed by atoms with Crippen molar-refractivity contribution in [2.24, 2.45) is 11.8 Å². The summed E-state index contributed by atoms with van der Waals surface area (Å²) in [5.74, 6) is 0.651. The lowest BCUT2D eigenvalue weighted by Gasteiger charge is -2.35. The topological polar surface area (TPSA) is 73.8 Å². The molecule has 0 spiro atoms. The van der Waals surface area contributed by atoms with Crippen molar-refractivity contribution >= 4 is 32.4 Å². The van der Waals surface area contributed by atoms with Crippen LogP contribution in [0.25, 0.3) is 0 Å². The Morgan fingerprint density at radius 2 is 1.67 bits per heavy atom. The number of hydrogen-bond acceptors (Lipinski definition) is 6. The van der Waals surface area contributed by atoms with Gasteiger partial charge in [0.2, 0.25) is 10.0 Å². The van der Waals surface area contributed by atoms with Crippen LogP contribution in [0, 0.1) is 11.8 Å². The molecule has 0 radical (unpaired) electrons. The molecule has 2 unspecified atom stereocenters. The molecule has 1 aromatic carbocycles. The van der Waals surface area contributed by atoms with Crippen LogP contribution < -0.4 is 4.90 Å². The van der Waals surface area contributed by atoms with Gasteiger partial charge in [-0.3, -0.25) is 4.79 Å². The normalized spacial score (nSPS) is 23.5. The van der Waals surface area contributed by atoms with Crippen molar-refractivity contribution < 1.29 is 13.2 Å². The molecule has 0 aliphatic carbocycles. The number of piperidine rings is 1. The highest BCUT2D eigenvalue weighted by atomic mass is 32.2. The molecule has 2 aliphatic rings. The van der Waals surface area contributed by atoms with Crippen molar-refractivity contribution in [3.05, 3.63) is 41.4 Å². The van der Waals surface area contributed by atoms with Gasteiger partial charge in [-0.25, -0.2) is 13.4 Å². The predicted molar refractivity (Wildman–Crippen MR) is 118 cm³/mol. The highest BCUT2D eigenvalue weighted by molar-refractivity contribution is 7.89. The molecule has 0 N–H and O–H groups in total. The van der Waals surface area contributed by atoms with E-state index in [1.54, 1.807) is 46.1 Å². The van der Waals surface area contributed by atoms with Gasteiger partial charge in [-0.05, 0) is 42.5 Å². The van der Waals surface area contributed by atoms with Crippen molar-refractivity contribution in [3.8, 4) is 0 Å². The molecule has 2 aromatic rings. The van der Waals surface area contributed by atoms with Gasteiger partial charge in [-0.15, -0.1) is 11.3 Å². The second kappa shape index (κ2) is 8.64. The monoisotopic (exact) mass is 448 g/mol. The maximum atomic E-state index is 13.0. The van der Waals surface area contributed by atoms with Crippen LogP contribution in [0.2, 0.25) is 0 Å². The fourth-order valence-corrected chi connectivity index (χ4v) is 6.75. The molecule has 3 heterocycles. The Bertz CT molecular complexity index is 958. The molecule has 1 amide bonds. The largest absolute Gasteiger partial charge is 0.345 e. The van der Waals surface area contributed by atoms with Crippen LogP contribution in [0.5, 0.6) is 0 Å². The van der Waals surface area contributed by atoms with Crippen LogP contribution in [0.1, 0.15) is 30.6 Å². The van der Waals surface area contributed by atoms with E-state index in [0.717, 1.165) is 24.6 Å². The minimum absolute atomic E-state index is 0.0575. The first-order chi connectivity index (χ1) is 14.3. The van der Waals surface area contributed by atoms with E-state index < -0.39 is 10.0 Å². The zero-order valence-corrected chi connectivity index (χ0v) is 19.0. The minimum Gasteiger partial charge on any atom is -0.345 e. The van der Waals surface area contributed by atoms with Gasteiger partial charge in [0.15, 0.2) is 5.13 Å². The molecular weight excluding hydrogens is 420 g/mol. The van der Waals surface area contributed by atoms with Gasteiger partial charge in [0.1, 0.15) is 0 Å². The zero-order valence-electron chi connectivity index (χ0n) is 17.4. The van der Waals surface area contributed by atoms with Crippen molar-refractivity contribution in [1.29, 1.82) is 0 Å². The quantitative estimate of drug-likeness (QED) is 0.719. The number of aromatic nitrogens is 1. The summed E-state index contributed by atoms with van der Waals surface area (Å²) in [7, 11) is -3.53. The number of benzene rings is 1. The number of carbonyl (C=O) groups is 1. The number of piperazine rings is 1. The maximum Gasteiger partial charge on any atom is 0.253 e. The predicted octanol–water partition coefficient (Wildman–Crippen LogP) is 2.77. The second-order valence-corrected chi connectivity index (χ2v) is 11.2. The molecule has 2 saturated heterocycles. The first-order valence-corrected chi connectivity index (χ1v) is 12.7. The van der Waals surface area contributed by atoms with E-state index in [1.165, 1.54) is 0 Å². The molecule has 0 saturated carbocycles. The lowest BCUT2D eigenvalue weighted by Crippen LogP contribution is -2.48. The van der Waals surface area contributed by atoms with E-state index in [4.69, 9.17) is 0 Å². The fourth-order valence-electron chi connectivity index (χ4n) is 4.38. The summed E-state index contributed by atoms with van der Waals surface area (Å²) in [6.45, 7) is 8.04. The van der Waals surface area contributed by atoms with Gasteiger partial charge >= 0.3 is 0 Å². The molecule has 30 heavy (non-hydrogen) atoms. The van der Waals surface area contributed by atoms with Gasteiger partial charge in [-0.1, -0.05) is 13.8 Å². The van der Waals surface area contributed by atoms with E-state index in [2.05, 4.69) is 23.7 Å². The van der Waals surface area contributed by atoms with E-state index in [9.17, 15) is 13.2 Å². The molecule has 2 aliphatic heterocycles. The summed E-state index contributed by atoms with van der Waals surface area (Å²) in [5, 5.41) is 2.94. The average Bonchev–Trinajstić information content (AvgIpc) is 3.28. The Hall–Kier alpha value is -1.97. The highest BCUT2D eigenvalue weighted by Crippen LogP contribution is 2.27. The van der Waals surface area contributed by atoms with Gasteiger partial charge in [0.05, 0.1) is 4.90 Å². The molecule has 9 heteroatoms. The number of carbonyl (C=O) groups excluding carboxylic acids is 1. The summed E-state index contributed by atoms with van der Waals surface area (Å²) < 4.78 is 27.6. The summed E-state index contributed by atoms with van der Waals surface area (Å²) in [6.07, 6.45) is 2.84. The van der Waals surface area contributed by atoms with E-state index in [-0.39, 0.29) is 10.8 Å². The third-order valence-corrected chi connectivity index (χ3v) is 8.51. The second-order valence-electron chi connectivity index (χ2n) is 8.39.